The van der Waals surface area contributed by atoms with Crippen molar-refractivity contribution in [1.82, 2.24) is 0 Å². The number of ketones is 1. The number of benzene rings is 2. The molecule has 4 aliphatic rings. The fourth-order valence-corrected chi connectivity index (χ4v) is 8.58. The van der Waals surface area contributed by atoms with Gasteiger partial charge >= 0.3 is 0 Å². The molecule has 0 unspecified atom stereocenters. The molecule has 0 aromatic heterocycles. The fourth-order valence-electron chi connectivity index (χ4n) is 8.58. The van der Waals surface area contributed by atoms with E-state index >= 15 is 0 Å². The normalized spacial score (nSPS) is 43.4. The summed E-state index contributed by atoms with van der Waals surface area (Å²) in [5.41, 5.74) is 3.43. The molecule has 2 fully saturated rings. The summed E-state index contributed by atoms with van der Waals surface area (Å²) in [6.07, 6.45) is 1.63. The van der Waals surface area contributed by atoms with Crippen LogP contribution in [0.4, 0.5) is 0 Å². The Hall–Kier alpha value is -2.19. The zero-order valence-corrected chi connectivity index (χ0v) is 17.6. The molecule has 4 aliphatic carbocycles. The minimum atomic E-state index is -0.968. The summed E-state index contributed by atoms with van der Waals surface area (Å²) in [7, 11) is 0. The van der Waals surface area contributed by atoms with Gasteiger partial charge in [-0.05, 0) is 42.0 Å². The number of hydrogen-bond donors (Lipinski definition) is 1. The van der Waals surface area contributed by atoms with Crippen LogP contribution in [0.3, 0.4) is 0 Å². The van der Waals surface area contributed by atoms with Crippen molar-refractivity contribution in [3.05, 3.63) is 82.4 Å². The molecule has 0 heterocycles. The lowest BCUT2D eigenvalue weighted by molar-refractivity contribution is -0.141. The van der Waals surface area contributed by atoms with E-state index in [0.717, 1.165) is 18.4 Å². The summed E-state index contributed by atoms with van der Waals surface area (Å²) < 4.78 is 0. The maximum absolute atomic E-state index is 14.3. The van der Waals surface area contributed by atoms with Crippen LogP contribution in [0.2, 0.25) is 0 Å². The van der Waals surface area contributed by atoms with Crippen LogP contribution in [-0.2, 0) is 10.2 Å². The number of aliphatic hydroxyl groups is 1. The molecule has 1 N–H and O–H groups in total. The van der Waals surface area contributed by atoms with Gasteiger partial charge in [-0.3, -0.25) is 4.79 Å². The predicted molar refractivity (Wildman–Crippen MR) is 114 cm³/mol. The molecule has 0 aliphatic heterocycles. The molecule has 148 valence electrons. The van der Waals surface area contributed by atoms with Crippen molar-refractivity contribution in [2.45, 2.75) is 57.5 Å². The van der Waals surface area contributed by atoms with Gasteiger partial charge in [-0.2, -0.15) is 0 Å². The Morgan fingerprint density at radius 1 is 0.862 bits per heavy atom. The second-order valence-corrected chi connectivity index (χ2v) is 9.83. The summed E-state index contributed by atoms with van der Waals surface area (Å²) in [5.74, 6) is -0.0166. The molecule has 6 rings (SSSR count). The SMILES string of the molecule is CCC1=C(CC)[C@]2(O)[C@@H]3c4ccccc4[C@@]4(c5ccccc5)[C@H](C(=O)[C@@]13C)[C@]42C. The van der Waals surface area contributed by atoms with Crippen LogP contribution in [0.15, 0.2) is 65.7 Å². The van der Waals surface area contributed by atoms with E-state index in [1.807, 2.05) is 6.07 Å². The van der Waals surface area contributed by atoms with Crippen LogP contribution in [0.5, 0.6) is 0 Å². The van der Waals surface area contributed by atoms with Gasteiger partial charge in [0.25, 0.3) is 0 Å². The molecule has 2 saturated carbocycles. The molecule has 0 saturated heterocycles. The highest BCUT2D eigenvalue weighted by atomic mass is 16.3. The van der Waals surface area contributed by atoms with E-state index in [0.29, 0.717) is 5.78 Å². The second kappa shape index (κ2) is 4.92. The van der Waals surface area contributed by atoms with E-state index in [-0.39, 0.29) is 11.8 Å². The van der Waals surface area contributed by atoms with Crippen molar-refractivity contribution in [3.8, 4) is 0 Å². The van der Waals surface area contributed by atoms with Crippen LogP contribution in [-0.4, -0.2) is 16.5 Å². The zero-order valence-electron chi connectivity index (χ0n) is 17.6. The molecule has 2 aromatic carbocycles. The Kier molecular flexibility index (Phi) is 3.00. The lowest BCUT2D eigenvalue weighted by atomic mass is 9.53. The van der Waals surface area contributed by atoms with E-state index in [2.05, 4.69) is 76.2 Å². The largest absolute Gasteiger partial charge is 0.384 e. The van der Waals surface area contributed by atoms with Crippen molar-refractivity contribution in [2.24, 2.45) is 16.7 Å². The third kappa shape index (κ3) is 1.38. The molecular weight excluding hydrogens is 356 g/mol. The first kappa shape index (κ1) is 17.7. The van der Waals surface area contributed by atoms with Gasteiger partial charge in [-0.25, -0.2) is 0 Å². The van der Waals surface area contributed by atoms with Gasteiger partial charge in [0.15, 0.2) is 0 Å². The molecule has 2 nitrogen and oxygen atoms in total. The van der Waals surface area contributed by atoms with Crippen molar-refractivity contribution in [3.63, 3.8) is 0 Å². The van der Waals surface area contributed by atoms with Crippen LogP contribution in [0, 0.1) is 16.7 Å². The summed E-state index contributed by atoms with van der Waals surface area (Å²) >= 11 is 0. The van der Waals surface area contributed by atoms with Crippen LogP contribution in [0.1, 0.15) is 63.1 Å². The highest BCUT2D eigenvalue weighted by Crippen LogP contribution is 2.90. The van der Waals surface area contributed by atoms with E-state index in [4.69, 9.17) is 0 Å². The predicted octanol–water partition coefficient (Wildman–Crippen LogP) is 5.16. The van der Waals surface area contributed by atoms with Crippen LogP contribution >= 0.6 is 0 Å². The Morgan fingerprint density at radius 2 is 1.48 bits per heavy atom. The topological polar surface area (TPSA) is 37.3 Å². The number of hydrogen-bond acceptors (Lipinski definition) is 2. The highest BCUT2D eigenvalue weighted by molar-refractivity contribution is 6.03. The molecular formula is C27H28O2. The first-order valence-electron chi connectivity index (χ1n) is 11.0. The van der Waals surface area contributed by atoms with E-state index in [9.17, 15) is 9.90 Å². The standard InChI is InChI=1S/C27H28O2/c1-5-18-19(6-2)27(29)21-17-14-10-11-15-20(17)26(16-12-8-7-9-13-16)22(25(26,27)4)23(28)24(18,21)3/h7-15,21-22,29H,5-6H2,1-4H3/t21-,22-,24+,25-,26+,27+/m1/s1. The van der Waals surface area contributed by atoms with Crippen molar-refractivity contribution < 1.29 is 9.90 Å². The number of carbonyl (C=O) groups excluding carboxylic acids is 1. The molecule has 4 bridgehead atoms. The number of fused-ring (bicyclic) bond motifs is 3. The van der Waals surface area contributed by atoms with Gasteiger partial charge in [-0.1, -0.05) is 80.9 Å². The van der Waals surface area contributed by atoms with Crippen molar-refractivity contribution >= 4 is 5.78 Å². The quantitative estimate of drug-likeness (QED) is 0.743. The molecule has 29 heavy (non-hydrogen) atoms. The van der Waals surface area contributed by atoms with Gasteiger partial charge in [0.2, 0.25) is 0 Å². The highest BCUT2D eigenvalue weighted by Gasteiger charge is 2.94. The number of Topliss-reactive ketones (excluding diaryl/α,β-unsaturated/α-hetero) is 1. The number of carbonyl (C=O) groups is 1. The van der Waals surface area contributed by atoms with Crippen molar-refractivity contribution in [1.29, 1.82) is 0 Å². The third-order valence-electron chi connectivity index (χ3n) is 9.39. The summed E-state index contributed by atoms with van der Waals surface area (Å²) in [6, 6.07) is 19.0. The maximum atomic E-state index is 14.3. The first-order chi connectivity index (χ1) is 13.9. The lowest BCUT2D eigenvalue weighted by Gasteiger charge is -2.52. The minimum absolute atomic E-state index is 0.177. The van der Waals surface area contributed by atoms with Gasteiger partial charge in [-0.15, -0.1) is 0 Å². The molecule has 0 radical (unpaired) electrons. The summed E-state index contributed by atoms with van der Waals surface area (Å²) in [4.78, 5) is 14.3. The fraction of sp³-hybridized carbons (Fsp3) is 0.444. The third-order valence-corrected chi connectivity index (χ3v) is 9.39. The molecule has 2 aromatic rings. The number of allylic oxidation sites excluding steroid dienone is 1. The van der Waals surface area contributed by atoms with E-state index in [1.54, 1.807) is 0 Å². The maximum Gasteiger partial charge on any atom is 0.148 e. The van der Waals surface area contributed by atoms with Crippen LogP contribution < -0.4 is 0 Å². The monoisotopic (exact) mass is 384 g/mol. The second-order valence-electron chi connectivity index (χ2n) is 9.83. The Bertz CT molecular complexity index is 1110. The van der Waals surface area contributed by atoms with Crippen molar-refractivity contribution in [2.75, 3.05) is 0 Å². The van der Waals surface area contributed by atoms with Gasteiger partial charge in [0.05, 0.1) is 5.41 Å². The molecule has 0 spiro atoms. The Balaban J connectivity index is 1.81. The van der Waals surface area contributed by atoms with Gasteiger partial charge in [0, 0.05) is 22.7 Å². The van der Waals surface area contributed by atoms with Crippen LogP contribution in [0.25, 0.3) is 0 Å². The lowest BCUT2D eigenvalue weighted by Crippen LogP contribution is -2.56. The van der Waals surface area contributed by atoms with Gasteiger partial charge in [0.1, 0.15) is 11.4 Å². The molecule has 2 heteroatoms. The van der Waals surface area contributed by atoms with E-state index in [1.165, 1.54) is 22.3 Å². The minimum Gasteiger partial charge on any atom is -0.384 e. The Morgan fingerprint density at radius 3 is 2.14 bits per heavy atom. The first-order valence-corrected chi connectivity index (χ1v) is 11.0. The summed E-state index contributed by atoms with van der Waals surface area (Å²) in [5, 5.41) is 12.7. The van der Waals surface area contributed by atoms with Gasteiger partial charge < -0.3 is 5.11 Å². The Labute approximate surface area is 172 Å². The number of rotatable bonds is 3. The molecule has 0 amide bonds. The molecule has 6 atom stereocenters. The van der Waals surface area contributed by atoms with E-state index < -0.39 is 21.8 Å². The smallest absolute Gasteiger partial charge is 0.148 e. The summed E-state index contributed by atoms with van der Waals surface area (Å²) in [6.45, 7) is 8.61. The average molecular weight is 385 g/mol. The average Bonchev–Trinajstić information content (AvgIpc) is 3.30. The zero-order chi connectivity index (χ0) is 20.4.